The van der Waals surface area contributed by atoms with E-state index in [1.807, 2.05) is 0 Å². The molecule has 0 bridgehead atoms. The minimum atomic E-state index is -4.41. The van der Waals surface area contributed by atoms with E-state index in [4.69, 9.17) is 9.47 Å². The van der Waals surface area contributed by atoms with Crippen LogP contribution in [0.2, 0.25) is 0 Å². The van der Waals surface area contributed by atoms with Crippen LogP contribution in [0.15, 0.2) is 0 Å². The number of hydrogen-bond donors (Lipinski definition) is 0. The van der Waals surface area contributed by atoms with Crippen LogP contribution in [0.5, 0.6) is 0 Å². The number of carbonyl (C=O) groups is 2. The van der Waals surface area contributed by atoms with Gasteiger partial charge in [0.2, 0.25) is 0 Å². The van der Waals surface area contributed by atoms with Crippen LogP contribution >= 0.6 is 0 Å². The summed E-state index contributed by atoms with van der Waals surface area (Å²) in [5, 5.41) is 0. The van der Waals surface area contributed by atoms with E-state index in [2.05, 4.69) is 0 Å². The largest absolute Gasteiger partial charge is 0.465 e. The summed E-state index contributed by atoms with van der Waals surface area (Å²) in [7, 11) is 0. The topological polar surface area (TPSA) is 52.6 Å². The maximum atomic E-state index is 12.4. The van der Waals surface area contributed by atoms with E-state index in [1.54, 1.807) is 20.8 Å². The summed E-state index contributed by atoms with van der Waals surface area (Å²) in [5.41, 5.74) is -1.14. The first-order valence-corrected chi connectivity index (χ1v) is 6.84. The Balaban J connectivity index is 4.56. The minimum absolute atomic E-state index is 0.209. The van der Waals surface area contributed by atoms with E-state index in [0.29, 0.717) is 0 Å². The molecule has 2 unspecified atom stereocenters. The zero-order chi connectivity index (χ0) is 16.8. The number of rotatable bonds is 7. The van der Waals surface area contributed by atoms with Crippen molar-refractivity contribution in [3.8, 4) is 0 Å². The predicted molar refractivity (Wildman–Crippen MR) is 70.4 cm³/mol. The molecule has 0 heterocycles. The van der Waals surface area contributed by atoms with Crippen molar-refractivity contribution in [2.24, 2.45) is 17.3 Å². The van der Waals surface area contributed by atoms with Crippen LogP contribution in [0, 0.1) is 17.3 Å². The molecule has 0 aliphatic heterocycles. The van der Waals surface area contributed by atoms with Crippen molar-refractivity contribution in [1.82, 2.24) is 0 Å². The third-order valence-corrected chi connectivity index (χ3v) is 3.30. The Hall–Kier alpha value is -1.27. The van der Waals surface area contributed by atoms with Gasteiger partial charge in [-0.1, -0.05) is 27.7 Å². The molecule has 7 heteroatoms. The van der Waals surface area contributed by atoms with Crippen molar-refractivity contribution in [1.29, 1.82) is 0 Å². The first-order valence-electron chi connectivity index (χ1n) is 6.84. The third kappa shape index (κ3) is 6.35. The summed E-state index contributed by atoms with van der Waals surface area (Å²) in [5.74, 6) is -3.34. The van der Waals surface area contributed by atoms with Gasteiger partial charge in [0.05, 0.1) is 17.3 Å². The molecule has 0 radical (unpaired) electrons. The van der Waals surface area contributed by atoms with Crippen molar-refractivity contribution in [3.05, 3.63) is 0 Å². The fourth-order valence-corrected chi connectivity index (χ4v) is 1.17. The third-order valence-electron chi connectivity index (χ3n) is 3.30. The van der Waals surface area contributed by atoms with Gasteiger partial charge in [-0.25, -0.2) is 0 Å². The average molecular weight is 312 g/mol. The Morgan fingerprint density at radius 3 is 2.00 bits per heavy atom. The normalized spacial score (nSPS) is 16.2. The molecule has 0 aromatic carbocycles. The Morgan fingerprint density at radius 1 is 1.10 bits per heavy atom. The zero-order valence-corrected chi connectivity index (χ0v) is 13.0. The number of halogens is 3. The summed E-state index contributed by atoms with van der Waals surface area (Å²) in [6.07, 6.45) is -4.12. The second-order valence-corrected chi connectivity index (χ2v) is 5.72. The van der Waals surface area contributed by atoms with Gasteiger partial charge in [0.15, 0.2) is 0 Å². The highest BCUT2D eigenvalue weighted by Gasteiger charge is 2.39. The van der Waals surface area contributed by atoms with Crippen LogP contribution in [0.3, 0.4) is 0 Å². The summed E-state index contributed by atoms with van der Waals surface area (Å²) in [6, 6.07) is 0. The van der Waals surface area contributed by atoms with Gasteiger partial charge in [0, 0.05) is 0 Å². The van der Waals surface area contributed by atoms with Crippen molar-refractivity contribution in [2.75, 3.05) is 13.2 Å². The molecule has 0 spiro atoms. The van der Waals surface area contributed by atoms with E-state index < -0.39 is 36.1 Å². The highest BCUT2D eigenvalue weighted by atomic mass is 19.4. The Labute approximate surface area is 123 Å². The lowest BCUT2D eigenvalue weighted by Gasteiger charge is -2.26. The predicted octanol–water partition coefficient (Wildman–Crippen LogP) is 3.34. The summed E-state index contributed by atoms with van der Waals surface area (Å²) < 4.78 is 46.8. The van der Waals surface area contributed by atoms with Gasteiger partial charge in [-0.15, -0.1) is 0 Å². The minimum Gasteiger partial charge on any atom is -0.465 e. The quantitative estimate of drug-likeness (QED) is 0.677. The standard InChI is InChI=1S/C14H23F3O4/c1-6-13(5,8-21-11(18)9(2)3)12(19)20-7-10(4)14(15,16)17/h9-10H,6-8H2,1-5H3. The zero-order valence-electron chi connectivity index (χ0n) is 13.0. The van der Waals surface area contributed by atoms with Gasteiger partial charge in [-0.05, 0) is 13.3 Å². The number of hydrogen-bond acceptors (Lipinski definition) is 4. The molecule has 0 amide bonds. The first-order chi connectivity index (χ1) is 9.44. The highest BCUT2D eigenvalue weighted by molar-refractivity contribution is 5.77. The van der Waals surface area contributed by atoms with E-state index in [9.17, 15) is 22.8 Å². The van der Waals surface area contributed by atoms with Gasteiger partial charge < -0.3 is 9.47 Å². The molecule has 0 saturated heterocycles. The highest BCUT2D eigenvalue weighted by Crippen LogP contribution is 2.28. The van der Waals surface area contributed by atoms with E-state index >= 15 is 0 Å². The molecule has 0 aromatic heterocycles. The van der Waals surface area contributed by atoms with E-state index in [0.717, 1.165) is 6.92 Å². The average Bonchev–Trinajstić information content (AvgIpc) is 2.39. The molecular formula is C14H23F3O4. The van der Waals surface area contributed by atoms with Crippen molar-refractivity contribution >= 4 is 11.9 Å². The lowest BCUT2D eigenvalue weighted by atomic mass is 9.88. The lowest BCUT2D eigenvalue weighted by Crippen LogP contribution is -2.37. The van der Waals surface area contributed by atoms with Gasteiger partial charge in [0.25, 0.3) is 0 Å². The second-order valence-electron chi connectivity index (χ2n) is 5.72. The van der Waals surface area contributed by atoms with Gasteiger partial charge in [-0.3, -0.25) is 9.59 Å². The maximum Gasteiger partial charge on any atom is 0.394 e. The number of ether oxygens (including phenoxy) is 2. The Bertz CT molecular complexity index is 366. The summed E-state index contributed by atoms with van der Waals surface area (Å²) >= 11 is 0. The van der Waals surface area contributed by atoms with Gasteiger partial charge >= 0.3 is 18.1 Å². The number of carbonyl (C=O) groups excluding carboxylic acids is 2. The van der Waals surface area contributed by atoms with Gasteiger partial charge in [-0.2, -0.15) is 13.2 Å². The fourth-order valence-electron chi connectivity index (χ4n) is 1.17. The molecule has 124 valence electrons. The molecule has 0 saturated carbocycles. The van der Waals surface area contributed by atoms with Crippen molar-refractivity contribution < 1.29 is 32.2 Å². The van der Waals surface area contributed by atoms with Crippen molar-refractivity contribution in [2.45, 2.75) is 47.2 Å². The van der Waals surface area contributed by atoms with Crippen LogP contribution in [-0.2, 0) is 19.1 Å². The van der Waals surface area contributed by atoms with Crippen LogP contribution < -0.4 is 0 Å². The fraction of sp³-hybridized carbons (Fsp3) is 0.857. The van der Waals surface area contributed by atoms with Crippen LogP contribution in [0.25, 0.3) is 0 Å². The van der Waals surface area contributed by atoms with E-state index in [1.165, 1.54) is 6.92 Å². The first kappa shape index (κ1) is 19.7. The molecule has 2 atom stereocenters. The van der Waals surface area contributed by atoms with Crippen LogP contribution in [0.1, 0.15) is 41.0 Å². The molecule has 0 aliphatic rings. The Kier molecular flexibility index (Phi) is 7.19. The van der Waals surface area contributed by atoms with E-state index in [-0.39, 0.29) is 18.9 Å². The molecule has 4 nitrogen and oxygen atoms in total. The SMILES string of the molecule is CCC(C)(COC(=O)C(C)C)C(=O)OCC(C)C(F)(F)F. The van der Waals surface area contributed by atoms with Crippen LogP contribution in [-0.4, -0.2) is 31.3 Å². The van der Waals surface area contributed by atoms with Crippen molar-refractivity contribution in [3.63, 3.8) is 0 Å². The smallest absolute Gasteiger partial charge is 0.394 e. The number of alkyl halides is 3. The molecule has 0 aromatic rings. The maximum absolute atomic E-state index is 12.4. The van der Waals surface area contributed by atoms with Gasteiger partial charge in [0.1, 0.15) is 13.2 Å². The molecule has 0 N–H and O–H groups in total. The summed E-state index contributed by atoms with van der Waals surface area (Å²) in [6.45, 7) is 6.47. The second kappa shape index (κ2) is 7.66. The molecule has 0 fully saturated rings. The summed E-state index contributed by atoms with van der Waals surface area (Å²) in [4.78, 5) is 23.3. The molecule has 21 heavy (non-hydrogen) atoms. The molecular weight excluding hydrogens is 289 g/mol. The number of esters is 2. The molecule has 0 aliphatic carbocycles. The monoisotopic (exact) mass is 312 g/mol. The van der Waals surface area contributed by atoms with Crippen LogP contribution in [0.4, 0.5) is 13.2 Å². The Morgan fingerprint density at radius 2 is 1.62 bits per heavy atom. The lowest BCUT2D eigenvalue weighted by molar-refractivity contribution is -0.191. The molecule has 0 rings (SSSR count).